The van der Waals surface area contributed by atoms with Crippen LogP contribution in [0.4, 0.5) is 4.39 Å². The Bertz CT molecular complexity index is 557. The maximum absolute atomic E-state index is 13.1. The number of pyridine rings is 1. The molecule has 2 aromatic rings. The molecule has 0 saturated carbocycles. The number of rotatable bonds is 2. The zero-order valence-electron chi connectivity index (χ0n) is 7.63. The zero-order valence-corrected chi connectivity index (χ0v) is 9.22. The molecule has 1 N–H and O–H groups in total. The third kappa shape index (κ3) is 1.91. The lowest BCUT2D eigenvalue weighted by Crippen LogP contribution is -1.98. The van der Waals surface area contributed by atoms with Crippen molar-refractivity contribution in [3.05, 3.63) is 34.6 Å². The Morgan fingerprint density at radius 3 is 2.88 bits per heavy atom. The Morgan fingerprint density at radius 1 is 1.56 bits per heavy atom. The first-order valence-corrected chi connectivity index (χ1v) is 4.84. The van der Waals surface area contributed by atoms with Gasteiger partial charge < -0.3 is 5.11 Å². The number of halogens is 2. The lowest BCUT2D eigenvalue weighted by Gasteiger charge is -1.99. The highest BCUT2D eigenvalue weighted by atomic mass is 79.9. The molecule has 0 aliphatic carbocycles. The summed E-state index contributed by atoms with van der Waals surface area (Å²) < 4.78 is 14.4. The molecule has 0 bridgehead atoms. The fourth-order valence-corrected chi connectivity index (χ4v) is 1.24. The molecule has 0 aliphatic rings. The summed E-state index contributed by atoms with van der Waals surface area (Å²) in [6, 6.07) is 1.16. The number of hydrogen-bond donors (Lipinski definition) is 1. The maximum atomic E-state index is 13.1. The van der Waals surface area contributed by atoms with Crippen LogP contribution in [0.2, 0.25) is 0 Å². The number of aromatic nitrogens is 4. The van der Waals surface area contributed by atoms with Crippen molar-refractivity contribution in [3.8, 4) is 5.69 Å². The molecule has 0 unspecified atom stereocenters. The fraction of sp³-hybridized carbons (Fsp3) is 0. The SMILES string of the molecule is O=C(O)c1cn(-c2cnc(Br)c(F)c2)nn1. The average molecular weight is 287 g/mol. The van der Waals surface area contributed by atoms with Crippen LogP contribution in [0, 0.1) is 5.82 Å². The average Bonchev–Trinajstić information content (AvgIpc) is 2.71. The molecule has 0 aromatic carbocycles. The number of aromatic carboxylic acids is 1. The molecule has 0 radical (unpaired) electrons. The molecule has 8 heteroatoms. The van der Waals surface area contributed by atoms with Crippen LogP contribution in [0.1, 0.15) is 10.5 Å². The third-order valence-corrected chi connectivity index (χ3v) is 2.34. The molecule has 2 rings (SSSR count). The summed E-state index contributed by atoms with van der Waals surface area (Å²) in [5.74, 6) is -1.76. The van der Waals surface area contributed by atoms with E-state index in [4.69, 9.17) is 5.11 Å². The van der Waals surface area contributed by atoms with Crippen LogP contribution in [0.5, 0.6) is 0 Å². The predicted molar refractivity (Wildman–Crippen MR) is 53.8 cm³/mol. The van der Waals surface area contributed by atoms with Gasteiger partial charge in [-0.1, -0.05) is 5.21 Å². The summed E-state index contributed by atoms with van der Waals surface area (Å²) in [6.45, 7) is 0. The van der Waals surface area contributed by atoms with E-state index in [1.807, 2.05) is 0 Å². The van der Waals surface area contributed by atoms with Crippen molar-refractivity contribution in [1.82, 2.24) is 20.0 Å². The largest absolute Gasteiger partial charge is 0.476 e. The highest BCUT2D eigenvalue weighted by molar-refractivity contribution is 9.10. The number of carbonyl (C=O) groups is 1. The van der Waals surface area contributed by atoms with E-state index in [0.29, 0.717) is 5.69 Å². The number of carboxylic acids is 1. The van der Waals surface area contributed by atoms with Gasteiger partial charge in [0.05, 0.1) is 18.1 Å². The van der Waals surface area contributed by atoms with Gasteiger partial charge >= 0.3 is 5.97 Å². The van der Waals surface area contributed by atoms with Crippen molar-refractivity contribution in [2.45, 2.75) is 0 Å². The number of nitrogens with zero attached hydrogens (tertiary/aromatic N) is 4. The highest BCUT2D eigenvalue weighted by Crippen LogP contribution is 2.15. The normalized spacial score (nSPS) is 10.4. The van der Waals surface area contributed by atoms with Crippen LogP contribution in [0.25, 0.3) is 5.69 Å². The lowest BCUT2D eigenvalue weighted by molar-refractivity contribution is 0.0690. The quantitative estimate of drug-likeness (QED) is 0.841. The van der Waals surface area contributed by atoms with E-state index in [1.54, 1.807) is 0 Å². The number of carboxylic acid groups (broad SMARTS) is 1. The lowest BCUT2D eigenvalue weighted by atomic mass is 10.4. The Balaban J connectivity index is 2.42. The highest BCUT2D eigenvalue weighted by Gasteiger charge is 2.10. The van der Waals surface area contributed by atoms with Gasteiger partial charge in [-0.2, -0.15) is 0 Å². The van der Waals surface area contributed by atoms with Crippen molar-refractivity contribution in [1.29, 1.82) is 0 Å². The van der Waals surface area contributed by atoms with E-state index < -0.39 is 11.8 Å². The van der Waals surface area contributed by atoms with Crippen LogP contribution in [0.3, 0.4) is 0 Å². The summed E-state index contributed by atoms with van der Waals surface area (Å²) in [5, 5.41) is 15.6. The standard InChI is InChI=1S/C8H4BrFN4O2/c9-7-5(10)1-4(2-11-7)14-3-6(8(15)16)12-13-14/h1-3H,(H,15,16). The molecule has 6 nitrogen and oxygen atoms in total. The van der Waals surface area contributed by atoms with Gasteiger partial charge in [0, 0.05) is 6.07 Å². The molecule has 0 fully saturated rings. The van der Waals surface area contributed by atoms with Crippen LogP contribution in [-0.2, 0) is 0 Å². The minimum absolute atomic E-state index is 0.0785. The first kappa shape index (κ1) is 10.7. The van der Waals surface area contributed by atoms with Gasteiger partial charge in [-0.05, 0) is 15.9 Å². The number of hydrogen-bond acceptors (Lipinski definition) is 4. The Kier molecular flexibility index (Phi) is 2.65. The maximum Gasteiger partial charge on any atom is 0.358 e. The monoisotopic (exact) mass is 286 g/mol. The first-order chi connectivity index (χ1) is 7.58. The summed E-state index contributed by atoms with van der Waals surface area (Å²) in [7, 11) is 0. The first-order valence-electron chi connectivity index (χ1n) is 4.05. The van der Waals surface area contributed by atoms with Crippen LogP contribution < -0.4 is 0 Å². The Labute approximate surface area is 96.9 Å². The van der Waals surface area contributed by atoms with Gasteiger partial charge in [0.15, 0.2) is 11.5 Å². The summed E-state index contributed by atoms with van der Waals surface area (Å²) in [4.78, 5) is 14.3. The van der Waals surface area contributed by atoms with E-state index in [2.05, 4.69) is 31.2 Å². The molecule has 0 aliphatic heterocycles. The van der Waals surface area contributed by atoms with Crippen molar-refractivity contribution in [2.24, 2.45) is 0 Å². The smallest absolute Gasteiger partial charge is 0.358 e. The van der Waals surface area contributed by atoms with Crippen molar-refractivity contribution in [3.63, 3.8) is 0 Å². The predicted octanol–water partition coefficient (Wildman–Crippen LogP) is 1.26. The van der Waals surface area contributed by atoms with Gasteiger partial charge in [-0.25, -0.2) is 18.9 Å². The minimum atomic E-state index is -1.20. The van der Waals surface area contributed by atoms with Crippen LogP contribution in [-0.4, -0.2) is 31.1 Å². The van der Waals surface area contributed by atoms with Gasteiger partial charge in [0.25, 0.3) is 0 Å². The Hall–Kier alpha value is -1.83. The van der Waals surface area contributed by atoms with E-state index in [-0.39, 0.29) is 10.3 Å². The molecule has 2 heterocycles. The molecule has 2 aromatic heterocycles. The summed E-state index contributed by atoms with van der Waals surface area (Å²) in [6.07, 6.45) is 2.51. The molecule has 0 spiro atoms. The van der Waals surface area contributed by atoms with Crippen LogP contribution >= 0.6 is 15.9 Å². The molecule has 0 atom stereocenters. The molecule has 0 saturated heterocycles. The van der Waals surface area contributed by atoms with E-state index in [1.165, 1.54) is 12.4 Å². The molecular weight excluding hydrogens is 283 g/mol. The minimum Gasteiger partial charge on any atom is -0.476 e. The van der Waals surface area contributed by atoms with E-state index in [0.717, 1.165) is 10.7 Å². The van der Waals surface area contributed by atoms with E-state index >= 15 is 0 Å². The van der Waals surface area contributed by atoms with Crippen LogP contribution in [0.15, 0.2) is 23.1 Å². The van der Waals surface area contributed by atoms with Gasteiger partial charge in [-0.3, -0.25) is 0 Å². The van der Waals surface area contributed by atoms with Crippen molar-refractivity contribution >= 4 is 21.9 Å². The van der Waals surface area contributed by atoms with Gasteiger partial charge in [0.1, 0.15) is 4.60 Å². The Morgan fingerprint density at radius 2 is 2.31 bits per heavy atom. The molecule has 16 heavy (non-hydrogen) atoms. The van der Waals surface area contributed by atoms with Crippen molar-refractivity contribution < 1.29 is 14.3 Å². The second-order valence-electron chi connectivity index (χ2n) is 2.82. The fourth-order valence-electron chi connectivity index (χ4n) is 1.02. The van der Waals surface area contributed by atoms with Gasteiger partial charge in [-0.15, -0.1) is 5.10 Å². The molecular formula is C8H4BrFN4O2. The summed E-state index contributed by atoms with van der Waals surface area (Å²) in [5.41, 5.74) is 0.0732. The third-order valence-electron chi connectivity index (χ3n) is 1.76. The summed E-state index contributed by atoms with van der Waals surface area (Å²) >= 11 is 2.90. The topological polar surface area (TPSA) is 80.9 Å². The van der Waals surface area contributed by atoms with E-state index in [9.17, 15) is 9.18 Å². The second-order valence-corrected chi connectivity index (χ2v) is 3.57. The molecule has 82 valence electrons. The van der Waals surface area contributed by atoms with Crippen molar-refractivity contribution in [2.75, 3.05) is 0 Å². The van der Waals surface area contributed by atoms with Gasteiger partial charge in [0.2, 0.25) is 0 Å². The zero-order chi connectivity index (χ0) is 11.7. The second kappa shape index (κ2) is 3.97. The molecule has 0 amide bonds.